The van der Waals surface area contributed by atoms with Crippen LogP contribution >= 0.6 is 0 Å². The highest BCUT2D eigenvalue weighted by molar-refractivity contribution is 6.88. The summed E-state index contributed by atoms with van der Waals surface area (Å²) in [4.78, 5) is 14.6. The minimum absolute atomic E-state index is 0.0409. The molecule has 0 aromatic heterocycles. The number of nitrogens with zero attached hydrogens (tertiary/aromatic N) is 1. The molecular weight excluding hydrogens is 342 g/mol. The van der Waals surface area contributed by atoms with Crippen LogP contribution in [0, 0.1) is 0 Å². The van der Waals surface area contributed by atoms with Gasteiger partial charge in [0, 0.05) is 0 Å². The van der Waals surface area contributed by atoms with Crippen LogP contribution in [-0.4, -0.2) is 50.0 Å². The number of ether oxygens (including phenoxy) is 2. The van der Waals surface area contributed by atoms with Crippen molar-refractivity contribution in [3.8, 4) is 0 Å². The van der Waals surface area contributed by atoms with Crippen molar-refractivity contribution in [1.29, 1.82) is 0 Å². The molecule has 1 aromatic carbocycles. The Balaban J connectivity index is 1.88. The number of hydrogen-bond acceptors (Lipinski definition) is 3. The number of benzene rings is 1. The van der Waals surface area contributed by atoms with Gasteiger partial charge < -0.3 is 9.47 Å². The molecule has 0 aliphatic carbocycles. The maximum atomic E-state index is 12.7. The SMILES string of the molecule is CC(C)(C)OC(=O)N1C2C=C(c3cccc([Si](C)(C)C)c3)CC1COC2. The highest BCUT2D eigenvalue weighted by Gasteiger charge is 2.40. The number of carbonyl (C=O) groups is 1. The second-order valence-electron chi connectivity index (χ2n) is 9.37. The van der Waals surface area contributed by atoms with E-state index in [-0.39, 0.29) is 18.2 Å². The maximum Gasteiger partial charge on any atom is 0.411 e. The Labute approximate surface area is 158 Å². The fourth-order valence-corrected chi connectivity index (χ4v) is 4.78. The van der Waals surface area contributed by atoms with Gasteiger partial charge in [-0.15, -0.1) is 0 Å². The Morgan fingerprint density at radius 1 is 1.23 bits per heavy atom. The summed E-state index contributed by atoms with van der Waals surface area (Å²) >= 11 is 0. The van der Waals surface area contributed by atoms with Gasteiger partial charge in [-0.2, -0.15) is 0 Å². The first kappa shape index (κ1) is 19.2. The van der Waals surface area contributed by atoms with E-state index in [4.69, 9.17) is 9.47 Å². The molecule has 0 N–H and O–H groups in total. The van der Waals surface area contributed by atoms with E-state index >= 15 is 0 Å². The van der Waals surface area contributed by atoms with Gasteiger partial charge in [0.25, 0.3) is 0 Å². The van der Waals surface area contributed by atoms with Crippen molar-refractivity contribution < 1.29 is 14.3 Å². The number of amides is 1. The quantitative estimate of drug-likeness (QED) is 0.735. The van der Waals surface area contributed by atoms with E-state index in [1.54, 1.807) is 0 Å². The zero-order chi connectivity index (χ0) is 19.1. The molecule has 2 heterocycles. The lowest BCUT2D eigenvalue weighted by Gasteiger charge is -2.44. The van der Waals surface area contributed by atoms with E-state index in [2.05, 4.69) is 50.0 Å². The highest BCUT2D eigenvalue weighted by atomic mass is 28.3. The predicted molar refractivity (Wildman–Crippen MR) is 108 cm³/mol. The van der Waals surface area contributed by atoms with Gasteiger partial charge in [0.2, 0.25) is 0 Å². The van der Waals surface area contributed by atoms with E-state index in [0.29, 0.717) is 13.2 Å². The van der Waals surface area contributed by atoms with Gasteiger partial charge in [-0.3, -0.25) is 4.90 Å². The summed E-state index contributed by atoms with van der Waals surface area (Å²) in [5.74, 6) is 0. The van der Waals surface area contributed by atoms with Gasteiger partial charge in [0.1, 0.15) is 5.60 Å². The van der Waals surface area contributed by atoms with Crippen LogP contribution in [0.4, 0.5) is 4.79 Å². The second kappa shape index (κ2) is 6.85. The molecule has 1 aromatic rings. The first-order chi connectivity index (χ1) is 12.0. The van der Waals surface area contributed by atoms with Crippen molar-refractivity contribution in [2.45, 2.75) is 64.5 Å². The number of rotatable bonds is 2. The molecule has 5 heteroatoms. The molecule has 2 aliphatic rings. The van der Waals surface area contributed by atoms with Crippen LogP contribution in [-0.2, 0) is 9.47 Å². The molecule has 1 amide bonds. The van der Waals surface area contributed by atoms with Crippen LogP contribution in [0.2, 0.25) is 19.6 Å². The van der Waals surface area contributed by atoms with Crippen molar-refractivity contribution in [3.63, 3.8) is 0 Å². The second-order valence-corrected chi connectivity index (χ2v) is 14.5. The molecule has 1 fully saturated rings. The Morgan fingerprint density at radius 3 is 2.58 bits per heavy atom. The Bertz CT molecular complexity index is 715. The standard InChI is InChI=1S/C21H31NO3Si/c1-21(2,3)25-20(23)22-17-10-16(11-18(22)14-24-13-17)15-8-7-9-19(12-15)26(4,5)6/h7-10,12,17-18H,11,13-14H2,1-6H3. The van der Waals surface area contributed by atoms with Crippen molar-refractivity contribution in [2.24, 2.45) is 0 Å². The summed E-state index contributed by atoms with van der Waals surface area (Å²) in [6.07, 6.45) is 2.77. The normalized spacial score (nSPS) is 23.5. The minimum Gasteiger partial charge on any atom is -0.444 e. The van der Waals surface area contributed by atoms with Gasteiger partial charge >= 0.3 is 6.09 Å². The zero-order valence-corrected chi connectivity index (χ0v) is 17.8. The van der Waals surface area contributed by atoms with Gasteiger partial charge in [-0.05, 0) is 38.3 Å². The van der Waals surface area contributed by atoms with Crippen LogP contribution in [0.25, 0.3) is 5.57 Å². The minimum atomic E-state index is -1.35. The van der Waals surface area contributed by atoms with E-state index in [0.717, 1.165) is 6.42 Å². The Hall–Kier alpha value is -1.59. The average molecular weight is 374 g/mol. The van der Waals surface area contributed by atoms with E-state index in [9.17, 15) is 4.79 Å². The average Bonchev–Trinajstić information content (AvgIpc) is 2.51. The van der Waals surface area contributed by atoms with Crippen LogP contribution in [0.1, 0.15) is 32.8 Å². The lowest BCUT2D eigenvalue weighted by molar-refractivity contribution is -0.0510. The zero-order valence-electron chi connectivity index (χ0n) is 16.8. The monoisotopic (exact) mass is 373 g/mol. The summed E-state index contributed by atoms with van der Waals surface area (Å²) in [7, 11) is -1.35. The highest BCUT2D eigenvalue weighted by Crippen LogP contribution is 2.33. The molecule has 4 nitrogen and oxygen atoms in total. The summed E-state index contributed by atoms with van der Waals surface area (Å²) < 4.78 is 11.3. The lowest BCUT2D eigenvalue weighted by Crippen LogP contribution is -2.57. The third-order valence-electron chi connectivity index (χ3n) is 4.90. The number of morpholine rings is 1. The fraction of sp³-hybridized carbons (Fsp3) is 0.571. The molecule has 2 unspecified atom stereocenters. The first-order valence-corrected chi connectivity index (χ1v) is 13.0. The molecule has 0 spiro atoms. The van der Waals surface area contributed by atoms with Crippen LogP contribution in [0.15, 0.2) is 30.3 Å². The van der Waals surface area contributed by atoms with Crippen LogP contribution < -0.4 is 5.19 Å². The van der Waals surface area contributed by atoms with Gasteiger partial charge in [-0.25, -0.2) is 4.79 Å². The van der Waals surface area contributed by atoms with Crippen molar-refractivity contribution in [2.75, 3.05) is 13.2 Å². The fourth-order valence-electron chi connectivity index (χ4n) is 3.59. The van der Waals surface area contributed by atoms with Crippen molar-refractivity contribution >= 4 is 24.9 Å². The first-order valence-electron chi connectivity index (χ1n) is 9.45. The summed E-state index contributed by atoms with van der Waals surface area (Å²) in [5, 5.41) is 1.46. The molecule has 0 saturated carbocycles. The molecule has 3 rings (SSSR count). The summed E-state index contributed by atoms with van der Waals surface area (Å²) in [5.41, 5.74) is 2.12. The van der Waals surface area contributed by atoms with Gasteiger partial charge in [-0.1, -0.05) is 55.2 Å². The largest absolute Gasteiger partial charge is 0.444 e. The molecule has 2 bridgehead atoms. The number of fused-ring (bicyclic) bond motifs is 2. The Morgan fingerprint density at radius 2 is 1.96 bits per heavy atom. The predicted octanol–water partition coefficient (Wildman–Crippen LogP) is 4.02. The van der Waals surface area contributed by atoms with E-state index in [1.807, 2.05) is 25.7 Å². The molecule has 142 valence electrons. The molecular formula is C21H31NO3Si. The van der Waals surface area contributed by atoms with E-state index in [1.165, 1.54) is 16.3 Å². The molecule has 26 heavy (non-hydrogen) atoms. The molecule has 2 atom stereocenters. The number of hydrogen-bond donors (Lipinski definition) is 0. The molecule has 1 saturated heterocycles. The summed E-state index contributed by atoms with van der Waals surface area (Å²) in [6.45, 7) is 13.9. The third kappa shape index (κ3) is 4.21. The maximum absolute atomic E-state index is 12.7. The van der Waals surface area contributed by atoms with Crippen LogP contribution in [0.5, 0.6) is 0 Å². The van der Waals surface area contributed by atoms with Crippen molar-refractivity contribution in [1.82, 2.24) is 4.90 Å². The summed E-state index contributed by atoms with van der Waals surface area (Å²) in [6, 6.07) is 8.93. The van der Waals surface area contributed by atoms with Gasteiger partial charge in [0.15, 0.2) is 0 Å². The topological polar surface area (TPSA) is 38.8 Å². The molecule has 2 aliphatic heterocycles. The lowest BCUT2D eigenvalue weighted by atomic mass is 9.90. The van der Waals surface area contributed by atoms with Crippen LogP contribution in [0.3, 0.4) is 0 Å². The smallest absolute Gasteiger partial charge is 0.411 e. The van der Waals surface area contributed by atoms with E-state index < -0.39 is 13.7 Å². The van der Waals surface area contributed by atoms with Crippen molar-refractivity contribution in [3.05, 3.63) is 35.9 Å². The number of carbonyl (C=O) groups excluding carboxylic acids is 1. The third-order valence-corrected chi connectivity index (χ3v) is 6.95. The molecule has 0 radical (unpaired) electrons. The Kier molecular flexibility index (Phi) is 5.06. The van der Waals surface area contributed by atoms with Gasteiger partial charge in [0.05, 0.1) is 33.4 Å².